The third-order valence-electron chi connectivity index (χ3n) is 6.14. The standard InChI is InChI=1S/C26H23Cl2N5O2/c1-15(34)30-24-22(26(35)31-18-6-2-3-7-18)25-29-14-20(19-8-4-5-9-21(19)28)23(33(25)32-24)16-10-12-17(27)13-11-16/h4-5,8-14,18H,2-3,6-7H2,1H3,(H,31,35)(H,30,32,34). The molecule has 0 aliphatic heterocycles. The number of rotatable bonds is 5. The number of fused-ring (bicyclic) bond motifs is 1. The summed E-state index contributed by atoms with van der Waals surface area (Å²) in [5.41, 5.74) is 3.53. The molecule has 0 radical (unpaired) electrons. The van der Waals surface area contributed by atoms with Gasteiger partial charge in [0.25, 0.3) is 5.91 Å². The molecule has 0 spiro atoms. The molecular formula is C26H23Cl2N5O2. The van der Waals surface area contributed by atoms with Crippen molar-refractivity contribution in [2.24, 2.45) is 0 Å². The van der Waals surface area contributed by atoms with Crippen molar-refractivity contribution in [2.45, 2.75) is 38.6 Å². The number of aromatic nitrogens is 3. The van der Waals surface area contributed by atoms with Gasteiger partial charge in [-0.05, 0) is 31.0 Å². The molecule has 1 aliphatic rings. The summed E-state index contributed by atoms with van der Waals surface area (Å²) in [5, 5.41) is 11.6. The molecule has 9 heteroatoms. The van der Waals surface area contributed by atoms with Crippen LogP contribution < -0.4 is 10.6 Å². The average Bonchev–Trinajstić information content (AvgIpc) is 3.46. The van der Waals surface area contributed by atoms with Gasteiger partial charge >= 0.3 is 0 Å². The van der Waals surface area contributed by atoms with Gasteiger partial charge in [0.1, 0.15) is 5.56 Å². The van der Waals surface area contributed by atoms with Crippen LogP contribution >= 0.6 is 23.2 Å². The lowest BCUT2D eigenvalue weighted by atomic mass is 10.0. The molecule has 1 aliphatic carbocycles. The van der Waals surface area contributed by atoms with E-state index in [1.54, 1.807) is 28.9 Å². The highest BCUT2D eigenvalue weighted by Crippen LogP contribution is 2.37. The predicted molar refractivity (Wildman–Crippen MR) is 138 cm³/mol. The molecule has 0 unspecified atom stereocenters. The first kappa shape index (κ1) is 23.3. The Morgan fingerprint density at radius 3 is 2.40 bits per heavy atom. The highest BCUT2D eigenvalue weighted by Gasteiger charge is 2.28. The Kier molecular flexibility index (Phi) is 6.45. The number of hydrogen-bond donors (Lipinski definition) is 2. The number of halogens is 2. The summed E-state index contributed by atoms with van der Waals surface area (Å²) in [6.07, 6.45) is 5.71. The van der Waals surface area contributed by atoms with Gasteiger partial charge in [-0.3, -0.25) is 9.59 Å². The third kappa shape index (κ3) is 4.61. The van der Waals surface area contributed by atoms with Crippen molar-refractivity contribution in [1.82, 2.24) is 19.9 Å². The lowest BCUT2D eigenvalue weighted by Crippen LogP contribution is -2.33. The quantitative estimate of drug-likeness (QED) is 0.346. The summed E-state index contributed by atoms with van der Waals surface area (Å²) in [4.78, 5) is 30.0. The zero-order valence-electron chi connectivity index (χ0n) is 19.0. The molecule has 7 nitrogen and oxygen atoms in total. The van der Waals surface area contributed by atoms with Crippen LogP contribution in [0.5, 0.6) is 0 Å². The van der Waals surface area contributed by atoms with Gasteiger partial charge in [0.15, 0.2) is 11.5 Å². The third-order valence-corrected chi connectivity index (χ3v) is 6.72. The van der Waals surface area contributed by atoms with Crippen LogP contribution in [0.15, 0.2) is 54.7 Å². The Labute approximate surface area is 212 Å². The van der Waals surface area contributed by atoms with Crippen LogP contribution in [0.4, 0.5) is 5.82 Å². The smallest absolute Gasteiger partial charge is 0.259 e. The van der Waals surface area contributed by atoms with E-state index in [4.69, 9.17) is 23.2 Å². The van der Waals surface area contributed by atoms with Gasteiger partial charge in [-0.25, -0.2) is 9.50 Å². The molecule has 178 valence electrons. The molecule has 5 rings (SSSR count). The van der Waals surface area contributed by atoms with Crippen LogP contribution in [-0.4, -0.2) is 32.5 Å². The molecule has 2 aromatic heterocycles. The van der Waals surface area contributed by atoms with Crippen LogP contribution in [0.2, 0.25) is 10.0 Å². The van der Waals surface area contributed by atoms with E-state index >= 15 is 0 Å². The maximum absolute atomic E-state index is 13.4. The molecule has 0 saturated heterocycles. The van der Waals surface area contributed by atoms with Crippen LogP contribution in [-0.2, 0) is 4.79 Å². The lowest BCUT2D eigenvalue weighted by molar-refractivity contribution is -0.114. The molecule has 2 heterocycles. The summed E-state index contributed by atoms with van der Waals surface area (Å²) in [5.74, 6) is -0.481. The van der Waals surface area contributed by atoms with E-state index in [0.717, 1.165) is 42.4 Å². The van der Waals surface area contributed by atoms with Crippen LogP contribution in [0, 0.1) is 0 Å². The highest BCUT2D eigenvalue weighted by atomic mass is 35.5. The number of anilines is 1. The predicted octanol–water partition coefficient (Wildman–Crippen LogP) is 6.00. The van der Waals surface area contributed by atoms with E-state index in [0.29, 0.717) is 21.4 Å². The molecule has 1 saturated carbocycles. The number of carbonyl (C=O) groups is 2. The first-order valence-electron chi connectivity index (χ1n) is 11.4. The number of carbonyl (C=O) groups excluding carboxylic acids is 2. The molecule has 35 heavy (non-hydrogen) atoms. The average molecular weight is 508 g/mol. The lowest BCUT2D eigenvalue weighted by Gasteiger charge is -2.14. The van der Waals surface area contributed by atoms with Crippen molar-refractivity contribution in [1.29, 1.82) is 0 Å². The second-order valence-corrected chi connectivity index (χ2v) is 9.45. The summed E-state index contributed by atoms with van der Waals surface area (Å²) in [6.45, 7) is 1.38. The van der Waals surface area contributed by atoms with Gasteiger partial charge in [0.2, 0.25) is 5.91 Å². The fourth-order valence-corrected chi connectivity index (χ4v) is 4.90. The number of hydrogen-bond acceptors (Lipinski definition) is 4. The van der Waals surface area contributed by atoms with Gasteiger partial charge in [0, 0.05) is 45.9 Å². The number of benzene rings is 2. The van der Waals surface area contributed by atoms with Crippen molar-refractivity contribution < 1.29 is 9.59 Å². The Bertz CT molecular complexity index is 1430. The Morgan fingerprint density at radius 1 is 1.00 bits per heavy atom. The Balaban J connectivity index is 1.76. The van der Waals surface area contributed by atoms with Crippen molar-refractivity contribution in [3.63, 3.8) is 0 Å². The van der Waals surface area contributed by atoms with E-state index < -0.39 is 0 Å². The molecular weight excluding hydrogens is 485 g/mol. The minimum Gasteiger partial charge on any atom is -0.349 e. The van der Waals surface area contributed by atoms with Crippen LogP contribution in [0.25, 0.3) is 28.0 Å². The van der Waals surface area contributed by atoms with Crippen LogP contribution in [0.3, 0.4) is 0 Å². The topological polar surface area (TPSA) is 88.4 Å². The van der Waals surface area contributed by atoms with Gasteiger partial charge in [-0.1, -0.05) is 66.4 Å². The van der Waals surface area contributed by atoms with E-state index in [-0.39, 0.29) is 29.2 Å². The first-order valence-corrected chi connectivity index (χ1v) is 12.2. The molecule has 2 aromatic carbocycles. The molecule has 2 amide bonds. The minimum absolute atomic E-state index is 0.0979. The highest BCUT2D eigenvalue weighted by molar-refractivity contribution is 6.33. The normalized spacial score (nSPS) is 13.8. The minimum atomic E-state index is -0.331. The SMILES string of the molecule is CC(=O)Nc1nn2c(-c3ccc(Cl)cc3)c(-c3ccccc3Cl)cnc2c1C(=O)NC1CCCC1. The zero-order chi connectivity index (χ0) is 24.5. The second kappa shape index (κ2) is 9.68. The summed E-state index contributed by atoms with van der Waals surface area (Å²) >= 11 is 12.7. The van der Waals surface area contributed by atoms with Crippen molar-refractivity contribution >= 4 is 46.5 Å². The fraction of sp³-hybridized carbons (Fsp3) is 0.231. The van der Waals surface area contributed by atoms with E-state index in [9.17, 15) is 9.59 Å². The Hall–Kier alpha value is -3.42. The number of amides is 2. The largest absolute Gasteiger partial charge is 0.349 e. The fourth-order valence-electron chi connectivity index (χ4n) is 4.54. The molecule has 0 atom stereocenters. The summed E-state index contributed by atoms with van der Waals surface area (Å²) < 4.78 is 1.59. The van der Waals surface area contributed by atoms with Crippen molar-refractivity contribution in [3.8, 4) is 22.4 Å². The molecule has 2 N–H and O–H groups in total. The van der Waals surface area contributed by atoms with Crippen LogP contribution in [0.1, 0.15) is 43.0 Å². The van der Waals surface area contributed by atoms with Gasteiger partial charge in [-0.2, -0.15) is 0 Å². The van der Waals surface area contributed by atoms with Crippen molar-refractivity contribution in [3.05, 3.63) is 70.3 Å². The van der Waals surface area contributed by atoms with Crippen molar-refractivity contribution in [2.75, 3.05) is 5.32 Å². The molecule has 0 bridgehead atoms. The summed E-state index contributed by atoms with van der Waals surface area (Å²) in [7, 11) is 0. The maximum atomic E-state index is 13.4. The number of nitrogens with one attached hydrogen (secondary N) is 2. The zero-order valence-corrected chi connectivity index (χ0v) is 20.5. The molecule has 1 fully saturated rings. The van der Waals surface area contributed by atoms with Gasteiger partial charge in [0.05, 0.1) is 5.69 Å². The van der Waals surface area contributed by atoms with E-state index in [2.05, 4.69) is 20.7 Å². The maximum Gasteiger partial charge on any atom is 0.259 e. The van der Waals surface area contributed by atoms with E-state index in [1.807, 2.05) is 30.3 Å². The first-order chi connectivity index (χ1) is 16.9. The van der Waals surface area contributed by atoms with Gasteiger partial charge < -0.3 is 10.6 Å². The monoisotopic (exact) mass is 507 g/mol. The second-order valence-electron chi connectivity index (χ2n) is 8.60. The molecule has 4 aromatic rings. The van der Waals surface area contributed by atoms with E-state index in [1.165, 1.54) is 6.92 Å². The summed E-state index contributed by atoms with van der Waals surface area (Å²) in [6, 6.07) is 14.9. The number of nitrogens with zero attached hydrogens (tertiary/aromatic N) is 3. The Morgan fingerprint density at radius 2 is 1.71 bits per heavy atom. The van der Waals surface area contributed by atoms with Gasteiger partial charge in [-0.15, -0.1) is 5.10 Å².